The number of hydrogen-bond acceptors (Lipinski definition) is 3. The van der Waals surface area contributed by atoms with E-state index >= 15 is 0 Å². The lowest BCUT2D eigenvalue weighted by atomic mass is 10.1. The molecule has 0 spiro atoms. The van der Waals surface area contributed by atoms with Gasteiger partial charge < -0.3 is 14.6 Å². The molecule has 1 unspecified atom stereocenters. The summed E-state index contributed by atoms with van der Waals surface area (Å²) in [6, 6.07) is 8.08. The Hall–Kier alpha value is -1.36. The Kier molecular flexibility index (Phi) is 8.74. The van der Waals surface area contributed by atoms with Crippen molar-refractivity contribution < 1.29 is 14.6 Å². The average Bonchev–Trinajstić information content (AvgIpc) is 2.48. The third-order valence-corrected chi connectivity index (χ3v) is 2.82. The van der Waals surface area contributed by atoms with Crippen LogP contribution in [0.5, 0.6) is 5.75 Å². The summed E-state index contributed by atoms with van der Waals surface area (Å²) in [7, 11) is 0. The van der Waals surface area contributed by atoms with E-state index in [1.807, 2.05) is 38.1 Å². The third kappa shape index (κ3) is 8.50. The molecule has 117 valence electrons. The fourth-order valence-electron chi connectivity index (χ4n) is 1.69. The molecule has 1 aromatic rings. The van der Waals surface area contributed by atoms with Gasteiger partial charge in [-0.15, -0.1) is 6.58 Å². The Morgan fingerprint density at radius 2 is 2.00 bits per heavy atom. The SMILES string of the molecule is C=CCOCCc1ccc(OCC(O)C[N]C(C)C)cc1. The van der Waals surface area contributed by atoms with E-state index in [2.05, 4.69) is 11.9 Å². The van der Waals surface area contributed by atoms with Crippen molar-refractivity contribution in [1.29, 1.82) is 0 Å². The van der Waals surface area contributed by atoms with Gasteiger partial charge in [0.25, 0.3) is 0 Å². The third-order valence-electron chi connectivity index (χ3n) is 2.82. The second-order valence-corrected chi connectivity index (χ2v) is 5.18. The van der Waals surface area contributed by atoms with E-state index in [1.54, 1.807) is 6.08 Å². The quantitative estimate of drug-likeness (QED) is 0.502. The summed E-state index contributed by atoms with van der Waals surface area (Å²) in [6.07, 6.45) is 2.05. The van der Waals surface area contributed by atoms with Crippen LogP contribution in [0.15, 0.2) is 36.9 Å². The van der Waals surface area contributed by atoms with Crippen LogP contribution in [0.3, 0.4) is 0 Å². The molecule has 1 N–H and O–H groups in total. The van der Waals surface area contributed by atoms with Crippen LogP contribution in [-0.4, -0.2) is 43.6 Å². The highest BCUT2D eigenvalue weighted by Gasteiger charge is 2.07. The van der Waals surface area contributed by atoms with Crippen molar-refractivity contribution in [1.82, 2.24) is 5.32 Å². The van der Waals surface area contributed by atoms with Gasteiger partial charge in [0.15, 0.2) is 0 Å². The average molecular weight is 292 g/mol. The summed E-state index contributed by atoms with van der Waals surface area (Å²) < 4.78 is 10.9. The van der Waals surface area contributed by atoms with Crippen LogP contribution in [-0.2, 0) is 11.2 Å². The molecule has 1 radical (unpaired) electrons. The van der Waals surface area contributed by atoms with Gasteiger partial charge in [0, 0.05) is 12.6 Å². The predicted molar refractivity (Wildman–Crippen MR) is 84.8 cm³/mol. The van der Waals surface area contributed by atoms with E-state index in [0.29, 0.717) is 19.8 Å². The smallest absolute Gasteiger partial charge is 0.119 e. The van der Waals surface area contributed by atoms with Gasteiger partial charge in [-0.25, -0.2) is 5.32 Å². The lowest BCUT2D eigenvalue weighted by Crippen LogP contribution is -2.30. The molecule has 4 nitrogen and oxygen atoms in total. The van der Waals surface area contributed by atoms with E-state index in [1.165, 1.54) is 5.56 Å². The second-order valence-electron chi connectivity index (χ2n) is 5.18. The summed E-state index contributed by atoms with van der Waals surface area (Å²) in [5, 5.41) is 14.0. The highest BCUT2D eigenvalue weighted by molar-refractivity contribution is 5.27. The topological polar surface area (TPSA) is 52.8 Å². The molecular weight excluding hydrogens is 266 g/mol. The van der Waals surface area contributed by atoms with Crippen LogP contribution < -0.4 is 10.1 Å². The van der Waals surface area contributed by atoms with Gasteiger partial charge in [-0.05, 0) is 38.0 Å². The zero-order valence-electron chi connectivity index (χ0n) is 13.0. The fourth-order valence-corrected chi connectivity index (χ4v) is 1.69. The summed E-state index contributed by atoms with van der Waals surface area (Å²) >= 11 is 0. The highest BCUT2D eigenvalue weighted by Crippen LogP contribution is 2.13. The molecule has 0 saturated carbocycles. The standard InChI is InChI=1S/C17H26NO3/c1-4-10-20-11-9-15-5-7-17(8-6-15)21-13-16(19)12-18-14(2)3/h4-8,14,16,19H,1,9-13H2,2-3H3. The molecular formula is C17H26NO3. The number of nitrogens with zero attached hydrogens (tertiary/aromatic N) is 1. The van der Waals surface area contributed by atoms with Gasteiger partial charge in [0.05, 0.1) is 13.2 Å². The molecule has 0 aliphatic rings. The Balaban J connectivity index is 2.25. The van der Waals surface area contributed by atoms with Gasteiger partial charge in [-0.1, -0.05) is 18.2 Å². The second kappa shape index (κ2) is 10.4. The molecule has 21 heavy (non-hydrogen) atoms. The van der Waals surface area contributed by atoms with Crippen LogP contribution in [0.1, 0.15) is 19.4 Å². The number of aliphatic hydroxyl groups is 1. The number of benzene rings is 1. The van der Waals surface area contributed by atoms with Crippen LogP contribution in [0, 0.1) is 0 Å². The predicted octanol–water partition coefficient (Wildman–Crippen LogP) is 2.18. The molecule has 0 heterocycles. The van der Waals surface area contributed by atoms with Crippen molar-refractivity contribution in [2.24, 2.45) is 0 Å². The first kappa shape index (κ1) is 17.7. The summed E-state index contributed by atoms with van der Waals surface area (Å²) in [6.45, 7) is 9.53. The van der Waals surface area contributed by atoms with Crippen molar-refractivity contribution in [3.05, 3.63) is 42.5 Å². The van der Waals surface area contributed by atoms with E-state index in [-0.39, 0.29) is 12.6 Å². The molecule has 0 amide bonds. The first-order valence-corrected chi connectivity index (χ1v) is 7.37. The van der Waals surface area contributed by atoms with Gasteiger partial charge >= 0.3 is 0 Å². The molecule has 0 bridgehead atoms. The maximum atomic E-state index is 9.74. The van der Waals surface area contributed by atoms with E-state index in [4.69, 9.17) is 9.47 Å². The van der Waals surface area contributed by atoms with Crippen LogP contribution >= 0.6 is 0 Å². The summed E-state index contributed by atoms with van der Waals surface area (Å²) in [5.41, 5.74) is 1.20. The number of hydrogen-bond donors (Lipinski definition) is 1. The van der Waals surface area contributed by atoms with E-state index < -0.39 is 6.10 Å². The molecule has 1 atom stereocenters. The molecule has 1 aromatic carbocycles. The minimum atomic E-state index is -0.556. The number of aliphatic hydroxyl groups excluding tert-OH is 1. The molecule has 0 fully saturated rings. The van der Waals surface area contributed by atoms with Crippen molar-refractivity contribution in [2.75, 3.05) is 26.4 Å². The monoisotopic (exact) mass is 292 g/mol. The minimum absolute atomic E-state index is 0.238. The normalized spacial score (nSPS) is 12.4. The first-order chi connectivity index (χ1) is 10.1. The van der Waals surface area contributed by atoms with Crippen LogP contribution in [0.25, 0.3) is 0 Å². The van der Waals surface area contributed by atoms with Crippen molar-refractivity contribution in [3.8, 4) is 5.75 Å². The zero-order valence-corrected chi connectivity index (χ0v) is 13.0. The van der Waals surface area contributed by atoms with Crippen molar-refractivity contribution >= 4 is 0 Å². The maximum absolute atomic E-state index is 9.74. The Morgan fingerprint density at radius 3 is 2.62 bits per heavy atom. The highest BCUT2D eigenvalue weighted by atomic mass is 16.5. The fraction of sp³-hybridized carbons (Fsp3) is 0.529. The van der Waals surface area contributed by atoms with Crippen molar-refractivity contribution in [2.45, 2.75) is 32.4 Å². The minimum Gasteiger partial charge on any atom is -0.491 e. The van der Waals surface area contributed by atoms with Crippen molar-refractivity contribution in [3.63, 3.8) is 0 Å². The van der Waals surface area contributed by atoms with Gasteiger partial charge in [-0.3, -0.25) is 0 Å². The lowest BCUT2D eigenvalue weighted by Gasteiger charge is -2.14. The first-order valence-electron chi connectivity index (χ1n) is 7.37. The molecule has 0 aliphatic heterocycles. The number of rotatable bonds is 11. The Bertz CT molecular complexity index is 390. The summed E-state index contributed by atoms with van der Waals surface area (Å²) in [5.74, 6) is 0.759. The molecule has 0 aromatic heterocycles. The van der Waals surface area contributed by atoms with Crippen LogP contribution in [0.2, 0.25) is 0 Å². The van der Waals surface area contributed by atoms with Gasteiger partial charge in [0.1, 0.15) is 18.5 Å². The number of ether oxygens (including phenoxy) is 2. The maximum Gasteiger partial charge on any atom is 0.119 e. The molecule has 0 saturated heterocycles. The molecule has 4 heteroatoms. The Labute approximate surface area is 127 Å². The Morgan fingerprint density at radius 1 is 1.29 bits per heavy atom. The largest absolute Gasteiger partial charge is 0.491 e. The van der Waals surface area contributed by atoms with E-state index in [9.17, 15) is 5.11 Å². The molecule has 0 aliphatic carbocycles. The van der Waals surface area contributed by atoms with Crippen LogP contribution in [0.4, 0.5) is 0 Å². The van der Waals surface area contributed by atoms with Gasteiger partial charge in [0.2, 0.25) is 0 Å². The zero-order chi connectivity index (χ0) is 15.5. The summed E-state index contributed by atoms with van der Waals surface area (Å²) in [4.78, 5) is 0. The molecule has 1 rings (SSSR count). The van der Waals surface area contributed by atoms with E-state index in [0.717, 1.165) is 12.2 Å². The lowest BCUT2D eigenvalue weighted by molar-refractivity contribution is 0.104. The van der Waals surface area contributed by atoms with Gasteiger partial charge in [-0.2, -0.15) is 0 Å².